The lowest BCUT2D eigenvalue weighted by atomic mass is 9.99. The van der Waals surface area contributed by atoms with Crippen molar-refractivity contribution in [3.63, 3.8) is 0 Å². The number of fused-ring (bicyclic) bond motifs is 2. The smallest absolute Gasteiger partial charge is 0.275 e. The maximum Gasteiger partial charge on any atom is 0.275 e. The van der Waals surface area contributed by atoms with Crippen LogP contribution in [0, 0.1) is 5.92 Å². The first-order valence-corrected chi connectivity index (χ1v) is 10.8. The van der Waals surface area contributed by atoms with Crippen molar-refractivity contribution in [1.82, 2.24) is 9.99 Å². The van der Waals surface area contributed by atoms with Gasteiger partial charge in [-0.15, -0.1) is 0 Å². The average molecular weight is 426 g/mol. The Bertz CT molecular complexity index is 1170. The number of carbonyl (C=O) groups is 1. The number of halogens is 1. The lowest BCUT2D eigenvalue weighted by Gasteiger charge is -2.22. The molecule has 2 aromatic heterocycles. The molecule has 29 heavy (non-hydrogen) atoms. The predicted molar refractivity (Wildman–Crippen MR) is 111 cm³/mol. The molecule has 6 rings (SSSR count). The van der Waals surface area contributed by atoms with Crippen LogP contribution in [0.2, 0.25) is 5.15 Å². The van der Waals surface area contributed by atoms with Gasteiger partial charge < -0.3 is 9.47 Å². The van der Waals surface area contributed by atoms with E-state index < -0.39 is 0 Å². The first-order chi connectivity index (χ1) is 14.2. The summed E-state index contributed by atoms with van der Waals surface area (Å²) < 4.78 is 10.9. The maximum absolute atomic E-state index is 13.1. The van der Waals surface area contributed by atoms with Crippen molar-refractivity contribution < 1.29 is 14.3 Å². The molecule has 0 saturated heterocycles. The molecule has 1 saturated carbocycles. The van der Waals surface area contributed by atoms with E-state index in [4.69, 9.17) is 26.2 Å². The molecule has 1 atom stereocenters. The zero-order valence-corrected chi connectivity index (χ0v) is 16.9. The third-order valence-corrected chi connectivity index (χ3v) is 6.59. The van der Waals surface area contributed by atoms with Crippen LogP contribution in [0.1, 0.15) is 41.2 Å². The fraction of sp³-hybridized carbons (Fsp3) is 0.286. The Morgan fingerprint density at radius 2 is 2.03 bits per heavy atom. The van der Waals surface area contributed by atoms with Gasteiger partial charge in [-0.3, -0.25) is 4.79 Å². The summed E-state index contributed by atoms with van der Waals surface area (Å²) in [6.45, 7) is 0.205. The maximum atomic E-state index is 13.1. The molecule has 0 radical (unpaired) electrons. The molecule has 3 aliphatic rings. The van der Waals surface area contributed by atoms with Gasteiger partial charge in [-0.25, -0.2) is 9.99 Å². The van der Waals surface area contributed by atoms with E-state index in [1.165, 1.54) is 11.3 Å². The number of carbonyl (C=O) groups excluding carboxylic acids is 1. The highest BCUT2D eigenvalue weighted by Crippen LogP contribution is 2.44. The van der Waals surface area contributed by atoms with E-state index in [-0.39, 0.29) is 18.7 Å². The standard InChI is InChI=1S/C21H16ClN3O3S/c22-20-14(5-13-6-18-19(28-10-27-18)8-15(13)23-20)17-7-16(11-1-2-11)24-25(17)21(26)12-3-4-29-9-12/h3-6,8-9,11,17H,1-2,7,10H2/t17-/m0/s1. The Hall–Kier alpha value is -2.64. The SMILES string of the molecule is O=C(c1ccsc1)N1N=C(C2CC2)C[C@H]1c1cc2cc3c(cc2nc1Cl)OCO3. The zero-order chi connectivity index (χ0) is 19.5. The van der Waals surface area contributed by atoms with Crippen molar-refractivity contribution in [3.05, 3.63) is 51.3 Å². The van der Waals surface area contributed by atoms with Gasteiger partial charge >= 0.3 is 0 Å². The number of ether oxygens (including phenoxy) is 2. The monoisotopic (exact) mass is 425 g/mol. The number of rotatable bonds is 3. The van der Waals surface area contributed by atoms with E-state index in [0.29, 0.717) is 34.6 Å². The summed E-state index contributed by atoms with van der Waals surface area (Å²) in [6, 6.07) is 7.31. The van der Waals surface area contributed by atoms with Crippen LogP contribution in [0.5, 0.6) is 11.5 Å². The third kappa shape index (κ3) is 2.88. The van der Waals surface area contributed by atoms with E-state index in [2.05, 4.69) is 4.98 Å². The topological polar surface area (TPSA) is 64.0 Å². The van der Waals surface area contributed by atoms with Gasteiger partial charge in [0.1, 0.15) is 5.15 Å². The first-order valence-electron chi connectivity index (χ1n) is 9.50. The van der Waals surface area contributed by atoms with Crippen LogP contribution in [0.25, 0.3) is 10.9 Å². The van der Waals surface area contributed by atoms with Crippen LogP contribution in [-0.2, 0) is 0 Å². The molecule has 146 valence electrons. The van der Waals surface area contributed by atoms with Crippen molar-refractivity contribution in [2.45, 2.75) is 25.3 Å². The molecule has 1 amide bonds. The first kappa shape index (κ1) is 17.2. The van der Waals surface area contributed by atoms with E-state index >= 15 is 0 Å². The number of pyridine rings is 1. The summed E-state index contributed by atoms with van der Waals surface area (Å²) in [5.41, 5.74) is 3.27. The van der Waals surface area contributed by atoms with Crippen molar-refractivity contribution in [2.24, 2.45) is 11.0 Å². The van der Waals surface area contributed by atoms with Gasteiger partial charge in [-0.2, -0.15) is 16.4 Å². The van der Waals surface area contributed by atoms with Crippen LogP contribution in [0.3, 0.4) is 0 Å². The Morgan fingerprint density at radius 1 is 1.21 bits per heavy atom. The second-order valence-corrected chi connectivity index (χ2v) is 8.65. The molecule has 0 unspecified atom stereocenters. The minimum atomic E-state index is -0.257. The number of benzene rings is 1. The number of nitrogens with zero attached hydrogens (tertiary/aromatic N) is 3. The summed E-state index contributed by atoms with van der Waals surface area (Å²) in [6.07, 6.45) is 2.97. The predicted octanol–water partition coefficient (Wildman–Crippen LogP) is 5.03. The Morgan fingerprint density at radius 3 is 2.79 bits per heavy atom. The number of aromatic nitrogens is 1. The van der Waals surface area contributed by atoms with E-state index in [1.54, 1.807) is 5.01 Å². The molecule has 0 bridgehead atoms. The van der Waals surface area contributed by atoms with Gasteiger partial charge in [-0.1, -0.05) is 11.6 Å². The fourth-order valence-electron chi connectivity index (χ4n) is 3.94. The molecule has 2 aliphatic heterocycles. The Balaban J connectivity index is 1.43. The average Bonchev–Trinajstić information content (AvgIpc) is 3.13. The highest BCUT2D eigenvalue weighted by molar-refractivity contribution is 7.08. The summed E-state index contributed by atoms with van der Waals surface area (Å²) in [7, 11) is 0. The fourth-order valence-corrected chi connectivity index (χ4v) is 4.84. The summed E-state index contributed by atoms with van der Waals surface area (Å²) in [5, 5.41) is 11.3. The van der Waals surface area contributed by atoms with Crippen LogP contribution in [-0.4, -0.2) is 28.4 Å². The number of hydrogen-bond acceptors (Lipinski definition) is 6. The highest BCUT2D eigenvalue weighted by atomic mass is 35.5. The van der Waals surface area contributed by atoms with Gasteiger partial charge in [0.15, 0.2) is 11.5 Å². The van der Waals surface area contributed by atoms with Crippen LogP contribution >= 0.6 is 22.9 Å². The van der Waals surface area contributed by atoms with Gasteiger partial charge in [0.05, 0.1) is 17.1 Å². The Labute approximate surface area is 175 Å². The van der Waals surface area contributed by atoms with Crippen molar-refractivity contribution in [2.75, 3.05) is 6.79 Å². The molecule has 1 aliphatic carbocycles. The largest absolute Gasteiger partial charge is 0.454 e. The number of thiophene rings is 1. The molecule has 0 N–H and O–H groups in total. The van der Waals surface area contributed by atoms with Crippen molar-refractivity contribution in [1.29, 1.82) is 0 Å². The molecule has 6 nitrogen and oxygen atoms in total. The molecular weight excluding hydrogens is 410 g/mol. The van der Waals surface area contributed by atoms with Gasteiger partial charge in [-0.05, 0) is 42.3 Å². The minimum Gasteiger partial charge on any atom is -0.454 e. The van der Waals surface area contributed by atoms with E-state index in [1.807, 2.05) is 35.0 Å². The normalized spacial score (nSPS) is 20.4. The molecule has 0 spiro atoms. The molecule has 8 heteroatoms. The van der Waals surface area contributed by atoms with Crippen LogP contribution < -0.4 is 9.47 Å². The quantitative estimate of drug-likeness (QED) is 0.552. The van der Waals surface area contributed by atoms with Crippen LogP contribution in [0.4, 0.5) is 0 Å². The molecule has 1 aromatic carbocycles. The Kier molecular flexibility index (Phi) is 3.82. The molecule has 4 heterocycles. The second-order valence-electron chi connectivity index (χ2n) is 7.51. The van der Waals surface area contributed by atoms with E-state index in [9.17, 15) is 4.79 Å². The number of amides is 1. The van der Waals surface area contributed by atoms with Gasteiger partial charge in [0.25, 0.3) is 5.91 Å². The van der Waals surface area contributed by atoms with E-state index in [0.717, 1.165) is 35.0 Å². The number of hydrogen-bond donors (Lipinski definition) is 0. The third-order valence-electron chi connectivity index (χ3n) is 5.61. The van der Waals surface area contributed by atoms with Crippen molar-refractivity contribution >= 4 is 45.5 Å². The lowest BCUT2D eigenvalue weighted by Crippen LogP contribution is -2.27. The van der Waals surface area contributed by atoms with Gasteiger partial charge in [0, 0.05) is 34.5 Å². The van der Waals surface area contributed by atoms with Crippen LogP contribution in [0.15, 0.2) is 40.1 Å². The summed E-state index contributed by atoms with van der Waals surface area (Å²) >= 11 is 8.10. The molecule has 1 fully saturated rings. The molecule has 3 aromatic rings. The second kappa shape index (κ2) is 6.43. The highest BCUT2D eigenvalue weighted by Gasteiger charge is 2.40. The molecular formula is C21H16ClN3O3S. The van der Waals surface area contributed by atoms with Crippen molar-refractivity contribution in [3.8, 4) is 11.5 Å². The number of hydrazone groups is 1. The minimum absolute atomic E-state index is 0.103. The summed E-state index contributed by atoms with van der Waals surface area (Å²) in [5.74, 6) is 1.75. The zero-order valence-electron chi connectivity index (χ0n) is 15.3. The summed E-state index contributed by atoms with van der Waals surface area (Å²) in [4.78, 5) is 17.7. The lowest BCUT2D eigenvalue weighted by molar-refractivity contribution is 0.0711. The van der Waals surface area contributed by atoms with Gasteiger partial charge in [0.2, 0.25) is 6.79 Å².